The molecule has 0 fully saturated rings. The second kappa shape index (κ2) is 8.62. The number of aromatic nitrogens is 3. The summed E-state index contributed by atoms with van der Waals surface area (Å²) in [6.45, 7) is 7.91. The zero-order valence-corrected chi connectivity index (χ0v) is 19.3. The summed E-state index contributed by atoms with van der Waals surface area (Å²) < 4.78 is 9.59. The van der Waals surface area contributed by atoms with Crippen LogP contribution in [0, 0.1) is 13.8 Å². The minimum Gasteiger partial charge on any atom is -0.494 e. The van der Waals surface area contributed by atoms with Gasteiger partial charge in [0, 0.05) is 18.0 Å². The van der Waals surface area contributed by atoms with Crippen LogP contribution in [0.4, 0.5) is 0 Å². The molecule has 0 saturated carbocycles. The number of aryl methyl sites for hydroxylation is 2. The molecule has 2 aromatic heterocycles. The third kappa shape index (κ3) is 4.04. The molecule has 6 nitrogen and oxygen atoms in total. The molecule has 0 spiro atoms. The zero-order valence-electron chi connectivity index (χ0n) is 19.3. The third-order valence-electron chi connectivity index (χ3n) is 6.26. The number of fused-ring (bicyclic) bond motifs is 1. The molecule has 0 atom stereocenters. The first-order valence-corrected chi connectivity index (χ1v) is 11.3. The molecule has 4 aromatic rings. The number of hydrogen-bond acceptors (Lipinski definition) is 3. The minimum atomic E-state index is 0.105. The summed E-state index contributed by atoms with van der Waals surface area (Å²) in [5.41, 5.74) is 6.56. The fraction of sp³-hybridized carbons (Fsp3) is 0.259. The van der Waals surface area contributed by atoms with Gasteiger partial charge >= 0.3 is 0 Å². The molecule has 33 heavy (non-hydrogen) atoms. The quantitative estimate of drug-likeness (QED) is 0.434. The van der Waals surface area contributed by atoms with Crippen LogP contribution in [0.3, 0.4) is 0 Å². The molecule has 6 heteroatoms. The Morgan fingerprint density at radius 1 is 1.00 bits per heavy atom. The van der Waals surface area contributed by atoms with Crippen molar-refractivity contribution in [2.75, 3.05) is 6.61 Å². The van der Waals surface area contributed by atoms with Crippen LogP contribution < -0.4 is 4.74 Å². The van der Waals surface area contributed by atoms with Crippen LogP contribution >= 0.6 is 0 Å². The summed E-state index contributed by atoms with van der Waals surface area (Å²) in [5.74, 6) is 1.93. The van der Waals surface area contributed by atoms with Crippen molar-refractivity contribution in [3.05, 3.63) is 94.9 Å². The molecule has 5 rings (SSSR count). The van der Waals surface area contributed by atoms with Crippen molar-refractivity contribution in [3.8, 4) is 17.3 Å². The molecule has 2 aromatic carbocycles. The van der Waals surface area contributed by atoms with E-state index in [1.54, 1.807) is 0 Å². The van der Waals surface area contributed by atoms with Crippen LogP contribution in [0.15, 0.2) is 67.0 Å². The predicted octanol–water partition coefficient (Wildman–Crippen LogP) is 4.76. The number of rotatable bonds is 6. The fourth-order valence-corrected chi connectivity index (χ4v) is 4.31. The molecule has 0 N–H and O–H groups in total. The van der Waals surface area contributed by atoms with Gasteiger partial charge in [0.25, 0.3) is 0 Å². The smallest absolute Gasteiger partial charge is 0.227 e. The number of carbonyl (C=O) groups is 1. The average Bonchev–Trinajstić information content (AvgIpc) is 3.53. The Bertz CT molecular complexity index is 1290. The second-order valence-corrected chi connectivity index (χ2v) is 8.52. The van der Waals surface area contributed by atoms with Crippen molar-refractivity contribution >= 4 is 5.91 Å². The molecule has 1 aliphatic rings. The lowest BCUT2D eigenvalue weighted by Crippen LogP contribution is -2.27. The number of nitrogens with zero attached hydrogens (tertiary/aromatic N) is 4. The van der Waals surface area contributed by atoms with Gasteiger partial charge in [0.1, 0.15) is 11.6 Å². The molecule has 0 bridgehead atoms. The highest BCUT2D eigenvalue weighted by Gasteiger charge is 2.31. The van der Waals surface area contributed by atoms with Crippen molar-refractivity contribution in [2.24, 2.45) is 0 Å². The van der Waals surface area contributed by atoms with Crippen LogP contribution in [0.1, 0.15) is 34.9 Å². The molecule has 0 aliphatic carbocycles. The van der Waals surface area contributed by atoms with E-state index in [2.05, 4.69) is 36.6 Å². The molecule has 1 aliphatic heterocycles. The second-order valence-electron chi connectivity index (χ2n) is 8.52. The van der Waals surface area contributed by atoms with E-state index in [1.807, 2.05) is 65.3 Å². The van der Waals surface area contributed by atoms with E-state index in [1.165, 1.54) is 11.1 Å². The van der Waals surface area contributed by atoms with E-state index in [9.17, 15) is 4.79 Å². The number of hydrogen-bond donors (Lipinski definition) is 0. The van der Waals surface area contributed by atoms with E-state index in [-0.39, 0.29) is 5.91 Å². The maximum Gasteiger partial charge on any atom is 0.227 e. The average molecular weight is 441 g/mol. The highest BCUT2D eigenvalue weighted by Crippen LogP contribution is 2.31. The topological polar surface area (TPSA) is 52.3 Å². The molecule has 0 saturated heterocycles. The van der Waals surface area contributed by atoms with E-state index in [4.69, 9.17) is 9.84 Å². The first-order valence-electron chi connectivity index (χ1n) is 11.3. The van der Waals surface area contributed by atoms with Gasteiger partial charge in [0.15, 0.2) is 0 Å². The Morgan fingerprint density at radius 3 is 2.45 bits per heavy atom. The van der Waals surface area contributed by atoms with Crippen LogP contribution in [-0.4, -0.2) is 31.8 Å². The van der Waals surface area contributed by atoms with Gasteiger partial charge in [0.05, 0.1) is 37.5 Å². The lowest BCUT2D eigenvalue weighted by Gasteiger charge is -2.18. The minimum absolute atomic E-state index is 0.105. The Morgan fingerprint density at radius 2 is 1.76 bits per heavy atom. The first-order chi connectivity index (χ1) is 16.0. The van der Waals surface area contributed by atoms with E-state index >= 15 is 0 Å². The summed E-state index contributed by atoms with van der Waals surface area (Å²) in [4.78, 5) is 15.0. The third-order valence-corrected chi connectivity index (χ3v) is 6.26. The Kier molecular flexibility index (Phi) is 5.50. The normalized spacial score (nSPS) is 12.8. The van der Waals surface area contributed by atoms with E-state index < -0.39 is 0 Å². The molecule has 168 valence electrons. The van der Waals surface area contributed by atoms with E-state index in [0.717, 1.165) is 34.1 Å². The molecule has 3 heterocycles. The van der Waals surface area contributed by atoms with Crippen LogP contribution in [0.5, 0.6) is 5.75 Å². The van der Waals surface area contributed by atoms with E-state index in [0.29, 0.717) is 26.1 Å². The van der Waals surface area contributed by atoms with Crippen LogP contribution in [0.2, 0.25) is 0 Å². The summed E-state index contributed by atoms with van der Waals surface area (Å²) >= 11 is 0. The largest absolute Gasteiger partial charge is 0.494 e. The van der Waals surface area contributed by atoms with Gasteiger partial charge in [-0.1, -0.05) is 18.2 Å². The Labute approximate surface area is 194 Å². The van der Waals surface area contributed by atoms with Gasteiger partial charge in [-0.2, -0.15) is 5.10 Å². The van der Waals surface area contributed by atoms with Gasteiger partial charge in [0.2, 0.25) is 5.91 Å². The standard InChI is InChI=1S/C27H28N4O2/c1-4-33-23-11-8-21(9-12-23)16-26(32)30-17-24-25(18-30)28-31(27(24)29-13-5-6-14-29)22-10-7-19(2)20(3)15-22/h5-15H,4,16-18H2,1-3H3. The van der Waals surface area contributed by atoms with Crippen molar-refractivity contribution in [1.29, 1.82) is 0 Å². The zero-order chi connectivity index (χ0) is 22.9. The summed E-state index contributed by atoms with van der Waals surface area (Å²) in [6, 6.07) is 18.2. The van der Waals surface area contributed by atoms with Gasteiger partial charge < -0.3 is 14.2 Å². The fourth-order valence-electron chi connectivity index (χ4n) is 4.31. The van der Waals surface area contributed by atoms with Gasteiger partial charge in [-0.05, 0) is 73.9 Å². The number of carbonyl (C=O) groups excluding carboxylic acids is 1. The van der Waals surface area contributed by atoms with Crippen molar-refractivity contribution in [1.82, 2.24) is 19.2 Å². The van der Waals surface area contributed by atoms with Crippen molar-refractivity contribution in [3.63, 3.8) is 0 Å². The summed E-state index contributed by atoms with van der Waals surface area (Å²) in [6.07, 6.45) is 4.42. The molecule has 1 amide bonds. The summed E-state index contributed by atoms with van der Waals surface area (Å²) in [7, 11) is 0. The van der Waals surface area contributed by atoms with Crippen LogP contribution in [-0.2, 0) is 24.3 Å². The maximum absolute atomic E-state index is 13.1. The first kappa shape index (κ1) is 21.1. The number of benzene rings is 2. The lowest BCUT2D eigenvalue weighted by molar-refractivity contribution is -0.131. The lowest BCUT2D eigenvalue weighted by atomic mass is 10.1. The highest BCUT2D eigenvalue weighted by atomic mass is 16.5. The Balaban J connectivity index is 1.41. The van der Waals surface area contributed by atoms with Crippen molar-refractivity contribution in [2.45, 2.75) is 40.3 Å². The molecule has 0 unspecified atom stereocenters. The van der Waals surface area contributed by atoms with Gasteiger partial charge in [-0.15, -0.1) is 0 Å². The SMILES string of the molecule is CCOc1ccc(CC(=O)N2Cc3nn(-c4ccc(C)c(C)c4)c(-n4cccc4)c3C2)cc1. The van der Waals surface area contributed by atoms with Gasteiger partial charge in [-0.3, -0.25) is 4.79 Å². The van der Waals surface area contributed by atoms with Crippen molar-refractivity contribution < 1.29 is 9.53 Å². The van der Waals surface area contributed by atoms with Gasteiger partial charge in [-0.25, -0.2) is 4.68 Å². The predicted molar refractivity (Wildman–Crippen MR) is 128 cm³/mol. The maximum atomic E-state index is 13.1. The summed E-state index contributed by atoms with van der Waals surface area (Å²) in [5, 5.41) is 4.94. The van der Waals surface area contributed by atoms with Crippen LogP contribution in [0.25, 0.3) is 11.5 Å². The molecular formula is C27H28N4O2. The number of amides is 1. The molecule has 0 radical (unpaired) electrons. The monoisotopic (exact) mass is 440 g/mol. The Hall–Kier alpha value is -3.80. The number of ether oxygens (including phenoxy) is 1. The highest BCUT2D eigenvalue weighted by molar-refractivity contribution is 5.79. The molecular weight excluding hydrogens is 412 g/mol.